The lowest BCUT2D eigenvalue weighted by atomic mass is 10.2. The van der Waals surface area contributed by atoms with Gasteiger partial charge in [0.25, 0.3) is 11.8 Å². The molecule has 5 nitrogen and oxygen atoms in total. The van der Waals surface area contributed by atoms with Crippen molar-refractivity contribution in [2.24, 2.45) is 0 Å². The molecule has 0 aliphatic carbocycles. The second kappa shape index (κ2) is 6.67. The monoisotopic (exact) mass is 344 g/mol. The van der Waals surface area contributed by atoms with Crippen LogP contribution in [0, 0.1) is 12.7 Å². The van der Waals surface area contributed by atoms with Gasteiger partial charge in [0.05, 0.1) is 16.1 Å². The van der Waals surface area contributed by atoms with Crippen LogP contribution in [0.3, 0.4) is 0 Å². The third kappa shape index (κ3) is 3.52. The number of halogens is 1. The highest BCUT2D eigenvalue weighted by Crippen LogP contribution is 2.28. The van der Waals surface area contributed by atoms with Crippen LogP contribution in [0.25, 0.3) is 0 Å². The third-order valence-electron chi connectivity index (χ3n) is 3.19. The zero-order valence-electron chi connectivity index (χ0n) is 12.6. The predicted octanol–water partition coefficient (Wildman–Crippen LogP) is 4.29. The molecule has 0 aliphatic heterocycles. The maximum Gasteiger partial charge on any atom is 0.291 e. The number of amides is 2. The van der Waals surface area contributed by atoms with E-state index in [4.69, 9.17) is 4.42 Å². The van der Waals surface area contributed by atoms with Crippen molar-refractivity contribution in [1.29, 1.82) is 0 Å². The van der Waals surface area contributed by atoms with Gasteiger partial charge in [0.2, 0.25) is 0 Å². The van der Waals surface area contributed by atoms with Crippen LogP contribution in [0.2, 0.25) is 0 Å². The zero-order valence-corrected chi connectivity index (χ0v) is 13.4. The number of hydrogen-bond donors (Lipinski definition) is 2. The molecule has 3 rings (SSSR count). The summed E-state index contributed by atoms with van der Waals surface area (Å²) in [6.45, 7) is 1.76. The topological polar surface area (TPSA) is 71.3 Å². The number of carbonyl (C=O) groups excluding carboxylic acids is 2. The highest BCUT2D eigenvalue weighted by atomic mass is 32.1. The van der Waals surface area contributed by atoms with Crippen molar-refractivity contribution in [3.8, 4) is 0 Å². The first-order valence-corrected chi connectivity index (χ1v) is 7.87. The summed E-state index contributed by atoms with van der Waals surface area (Å²) in [7, 11) is 0. The Labute approximate surface area is 141 Å². The van der Waals surface area contributed by atoms with Gasteiger partial charge in [-0.2, -0.15) is 0 Å². The zero-order chi connectivity index (χ0) is 17.1. The van der Waals surface area contributed by atoms with Gasteiger partial charge in [0, 0.05) is 5.69 Å². The molecule has 0 radical (unpaired) electrons. The minimum Gasteiger partial charge on any atom is -0.459 e. The summed E-state index contributed by atoms with van der Waals surface area (Å²) in [4.78, 5) is 24.7. The lowest BCUT2D eigenvalue weighted by molar-refractivity contribution is 0.0995. The van der Waals surface area contributed by atoms with Crippen LogP contribution in [0.5, 0.6) is 0 Å². The van der Waals surface area contributed by atoms with Crippen molar-refractivity contribution < 1.29 is 18.4 Å². The van der Waals surface area contributed by atoms with Crippen LogP contribution in [-0.4, -0.2) is 11.8 Å². The first kappa shape index (κ1) is 15.9. The fraction of sp³-hybridized carbons (Fsp3) is 0.0588. The van der Waals surface area contributed by atoms with Gasteiger partial charge in [-0.05, 0) is 48.9 Å². The Morgan fingerprint density at radius 1 is 1.08 bits per heavy atom. The average molecular weight is 344 g/mol. The minimum atomic E-state index is -0.429. The van der Waals surface area contributed by atoms with Gasteiger partial charge in [0.1, 0.15) is 5.82 Å². The van der Waals surface area contributed by atoms with E-state index in [0.29, 0.717) is 21.1 Å². The first-order valence-electron chi connectivity index (χ1n) is 7.05. The highest BCUT2D eigenvalue weighted by Gasteiger charge is 2.16. The Kier molecular flexibility index (Phi) is 4.43. The number of anilines is 2. The summed E-state index contributed by atoms with van der Waals surface area (Å²) in [5.74, 6) is -0.992. The maximum absolute atomic E-state index is 13.2. The molecule has 7 heteroatoms. The Hall–Kier alpha value is -2.93. The van der Waals surface area contributed by atoms with Crippen molar-refractivity contribution in [3.63, 3.8) is 0 Å². The normalized spacial score (nSPS) is 10.4. The molecule has 24 heavy (non-hydrogen) atoms. The van der Waals surface area contributed by atoms with Crippen LogP contribution < -0.4 is 10.6 Å². The van der Waals surface area contributed by atoms with E-state index in [9.17, 15) is 14.0 Å². The summed E-state index contributed by atoms with van der Waals surface area (Å²) >= 11 is 1.14. The van der Waals surface area contributed by atoms with Gasteiger partial charge in [0.15, 0.2) is 5.76 Å². The Morgan fingerprint density at radius 3 is 2.62 bits per heavy atom. The van der Waals surface area contributed by atoms with Gasteiger partial charge < -0.3 is 15.1 Å². The van der Waals surface area contributed by atoms with Crippen molar-refractivity contribution >= 4 is 33.8 Å². The largest absolute Gasteiger partial charge is 0.459 e. The molecule has 3 aromatic rings. The van der Waals surface area contributed by atoms with Crippen LogP contribution in [0.1, 0.15) is 25.8 Å². The lowest BCUT2D eigenvalue weighted by Gasteiger charge is -2.04. The standard InChI is InChI=1S/C17H13FN2O3S/c1-10-8-14(20-16(21)13-6-3-7-23-13)24-15(10)17(22)19-12-5-2-4-11(18)9-12/h2-9H,1H3,(H,19,22)(H,20,21). The molecule has 0 aliphatic rings. The second-order valence-corrected chi connectivity index (χ2v) is 6.07. The number of thiophene rings is 1. The van der Waals surface area contributed by atoms with Gasteiger partial charge in [-0.15, -0.1) is 11.3 Å². The molecule has 0 fully saturated rings. The molecule has 0 unspecified atom stereocenters. The van der Waals surface area contributed by atoms with Crippen LogP contribution in [0.15, 0.2) is 53.1 Å². The van der Waals surface area contributed by atoms with Crippen molar-refractivity contribution in [2.45, 2.75) is 6.92 Å². The van der Waals surface area contributed by atoms with Crippen LogP contribution in [-0.2, 0) is 0 Å². The number of benzene rings is 1. The van der Waals surface area contributed by atoms with E-state index < -0.39 is 11.7 Å². The van der Waals surface area contributed by atoms with Crippen LogP contribution in [0.4, 0.5) is 15.1 Å². The van der Waals surface area contributed by atoms with E-state index in [1.807, 2.05) is 0 Å². The Balaban J connectivity index is 1.73. The smallest absolute Gasteiger partial charge is 0.291 e. The third-order valence-corrected chi connectivity index (χ3v) is 4.34. The molecule has 0 bridgehead atoms. The summed E-state index contributed by atoms with van der Waals surface area (Å²) in [6.07, 6.45) is 1.41. The van der Waals surface area contributed by atoms with E-state index >= 15 is 0 Å². The van der Waals surface area contributed by atoms with Gasteiger partial charge in [-0.1, -0.05) is 6.07 Å². The number of rotatable bonds is 4. The number of furan rings is 1. The van der Waals surface area contributed by atoms with E-state index in [2.05, 4.69) is 10.6 Å². The van der Waals surface area contributed by atoms with E-state index in [1.54, 1.807) is 31.2 Å². The molecule has 0 spiro atoms. The van der Waals surface area contributed by atoms with E-state index in [0.717, 1.165) is 11.3 Å². The fourth-order valence-corrected chi connectivity index (χ4v) is 3.07. The summed E-state index contributed by atoms with van der Waals surface area (Å²) in [6, 6.07) is 10.5. The second-order valence-electron chi connectivity index (χ2n) is 5.02. The number of carbonyl (C=O) groups is 2. The van der Waals surface area contributed by atoms with Gasteiger partial charge >= 0.3 is 0 Å². The van der Waals surface area contributed by atoms with Gasteiger partial charge in [-0.25, -0.2) is 4.39 Å². The first-order chi connectivity index (χ1) is 11.5. The molecule has 122 valence electrons. The van der Waals surface area contributed by atoms with Crippen LogP contribution >= 0.6 is 11.3 Å². The summed E-state index contributed by atoms with van der Waals surface area (Å²) < 4.78 is 18.2. The minimum absolute atomic E-state index is 0.187. The van der Waals surface area contributed by atoms with Gasteiger partial charge in [-0.3, -0.25) is 9.59 Å². The quantitative estimate of drug-likeness (QED) is 0.741. The number of aryl methyl sites for hydroxylation is 1. The van der Waals surface area contributed by atoms with E-state index in [-0.39, 0.29) is 11.7 Å². The average Bonchev–Trinajstić information content (AvgIpc) is 3.17. The molecule has 2 aromatic heterocycles. The van der Waals surface area contributed by atoms with Crippen molar-refractivity contribution in [3.05, 3.63) is 70.7 Å². The fourth-order valence-electron chi connectivity index (χ4n) is 2.10. The Bertz CT molecular complexity index is 887. The summed E-state index contributed by atoms with van der Waals surface area (Å²) in [5.41, 5.74) is 1.08. The predicted molar refractivity (Wildman–Crippen MR) is 90.1 cm³/mol. The number of nitrogens with one attached hydrogen (secondary N) is 2. The molecule has 1 aromatic carbocycles. The SMILES string of the molecule is Cc1cc(NC(=O)c2ccco2)sc1C(=O)Nc1cccc(F)c1. The lowest BCUT2D eigenvalue weighted by Crippen LogP contribution is -2.11. The molecule has 0 atom stereocenters. The Morgan fingerprint density at radius 2 is 1.92 bits per heavy atom. The molecule has 2 heterocycles. The van der Waals surface area contributed by atoms with Crippen molar-refractivity contribution in [2.75, 3.05) is 10.6 Å². The van der Waals surface area contributed by atoms with Crippen molar-refractivity contribution in [1.82, 2.24) is 0 Å². The molecule has 0 saturated carbocycles. The number of hydrogen-bond acceptors (Lipinski definition) is 4. The molecule has 2 N–H and O–H groups in total. The highest BCUT2D eigenvalue weighted by molar-refractivity contribution is 7.18. The molecular weight excluding hydrogens is 331 g/mol. The maximum atomic E-state index is 13.2. The molecule has 0 saturated heterocycles. The summed E-state index contributed by atoms with van der Waals surface area (Å²) in [5, 5.41) is 5.84. The molecule has 2 amide bonds. The van der Waals surface area contributed by atoms with E-state index in [1.165, 1.54) is 24.5 Å². The molecular formula is C17H13FN2O3S.